The Bertz CT molecular complexity index is 309. The summed E-state index contributed by atoms with van der Waals surface area (Å²) < 4.78 is 0. The second-order valence-electron chi connectivity index (χ2n) is 6.69. The number of hydrogen-bond acceptors (Lipinski definition) is 3. The molecule has 4 heteroatoms. The van der Waals surface area contributed by atoms with Crippen LogP contribution in [0.5, 0.6) is 0 Å². The van der Waals surface area contributed by atoms with E-state index in [2.05, 4.69) is 10.2 Å². The van der Waals surface area contributed by atoms with E-state index in [1.165, 1.54) is 51.6 Å². The first kappa shape index (κ1) is 13.4. The normalized spacial score (nSPS) is 27.9. The molecule has 1 N–H and O–H groups in total. The van der Waals surface area contributed by atoms with Crippen molar-refractivity contribution in [3.05, 3.63) is 0 Å². The number of piperazine rings is 1. The van der Waals surface area contributed by atoms with E-state index in [1.807, 2.05) is 4.90 Å². The summed E-state index contributed by atoms with van der Waals surface area (Å²) in [6.07, 6.45) is 8.43. The Kier molecular flexibility index (Phi) is 4.08. The molecule has 2 heterocycles. The average molecular weight is 265 g/mol. The van der Waals surface area contributed by atoms with Crippen molar-refractivity contribution in [2.75, 3.05) is 45.8 Å². The average Bonchev–Trinajstić information content (AvgIpc) is 2.65. The summed E-state index contributed by atoms with van der Waals surface area (Å²) in [7, 11) is 0. The van der Waals surface area contributed by atoms with Gasteiger partial charge in [-0.05, 0) is 18.3 Å². The number of carbonyl (C=O) groups excluding carboxylic acids is 1. The largest absolute Gasteiger partial charge is 0.339 e. The van der Waals surface area contributed by atoms with E-state index in [4.69, 9.17) is 0 Å². The summed E-state index contributed by atoms with van der Waals surface area (Å²) in [6, 6.07) is 0. The fraction of sp³-hybridized carbons (Fsp3) is 0.933. The lowest BCUT2D eigenvalue weighted by Crippen LogP contribution is -2.59. The van der Waals surface area contributed by atoms with Gasteiger partial charge in [0.15, 0.2) is 0 Å². The van der Waals surface area contributed by atoms with Crippen molar-refractivity contribution in [1.29, 1.82) is 0 Å². The SMILES string of the molecule is O=C(CN1CC2(CCCCCC2)C1)N1CCNCC1. The summed E-state index contributed by atoms with van der Waals surface area (Å²) in [4.78, 5) is 16.6. The maximum Gasteiger partial charge on any atom is 0.236 e. The molecule has 1 spiro atoms. The van der Waals surface area contributed by atoms with E-state index in [0.29, 0.717) is 17.9 Å². The molecule has 1 aliphatic carbocycles. The first-order valence-electron chi connectivity index (χ1n) is 7.98. The zero-order valence-corrected chi connectivity index (χ0v) is 12.0. The van der Waals surface area contributed by atoms with Gasteiger partial charge < -0.3 is 10.2 Å². The third-order valence-corrected chi connectivity index (χ3v) is 5.11. The van der Waals surface area contributed by atoms with Crippen molar-refractivity contribution in [2.45, 2.75) is 38.5 Å². The van der Waals surface area contributed by atoms with Gasteiger partial charge in [0.1, 0.15) is 0 Å². The number of nitrogens with one attached hydrogen (secondary N) is 1. The number of hydrogen-bond donors (Lipinski definition) is 1. The fourth-order valence-electron chi connectivity index (χ4n) is 4.01. The minimum absolute atomic E-state index is 0.338. The molecular weight excluding hydrogens is 238 g/mol. The van der Waals surface area contributed by atoms with Crippen molar-refractivity contribution in [3.8, 4) is 0 Å². The molecule has 19 heavy (non-hydrogen) atoms. The third kappa shape index (κ3) is 3.11. The molecule has 0 aromatic carbocycles. The molecule has 0 bridgehead atoms. The van der Waals surface area contributed by atoms with Crippen LogP contribution in [0.4, 0.5) is 0 Å². The number of amides is 1. The van der Waals surface area contributed by atoms with Crippen LogP contribution in [0, 0.1) is 5.41 Å². The quantitative estimate of drug-likeness (QED) is 0.811. The van der Waals surface area contributed by atoms with Crippen LogP contribution < -0.4 is 5.32 Å². The third-order valence-electron chi connectivity index (χ3n) is 5.11. The number of likely N-dealkylation sites (tertiary alicyclic amines) is 1. The standard InChI is InChI=1S/C15H27N3O/c19-14(18-9-7-16-8-10-18)11-17-12-15(13-17)5-3-1-2-4-6-15/h16H,1-13H2. The van der Waals surface area contributed by atoms with Gasteiger partial charge in [0.05, 0.1) is 6.54 Å². The molecule has 1 saturated carbocycles. The van der Waals surface area contributed by atoms with Gasteiger partial charge in [0.25, 0.3) is 0 Å². The molecule has 2 saturated heterocycles. The molecule has 3 rings (SSSR count). The highest BCUT2D eigenvalue weighted by molar-refractivity contribution is 5.78. The lowest BCUT2D eigenvalue weighted by molar-refractivity contribution is -0.136. The van der Waals surface area contributed by atoms with Gasteiger partial charge in [-0.15, -0.1) is 0 Å². The second-order valence-corrected chi connectivity index (χ2v) is 6.69. The maximum absolute atomic E-state index is 12.2. The van der Waals surface area contributed by atoms with Crippen LogP contribution in [0.25, 0.3) is 0 Å². The van der Waals surface area contributed by atoms with Crippen molar-refractivity contribution in [2.24, 2.45) is 5.41 Å². The van der Waals surface area contributed by atoms with E-state index in [9.17, 15) is 4.79 Å². The molecular formula is C15H27N3O. The van der Waals surface area contributed by atoms with Gasteiger partial charge in [0, 0.05) is 39.3 Å². The van der Waals surface area contributed by atoms with Crippen LogP contribution in [0.15, 0.2) is 0 Å². The molecule has 3 fully saturated rings. The Morgan fingerprint density at radius 3 is 2.26 bits per heavy atom. The van der Waals surface area contributed by atoms with Crippen molar-refractivity contribution < 1.29 is 4.79 Å². The molecule has 2 aliphatic heterocycles. The van der Waals surface area contributed by atoms with Gasteiger partial charge in [-0.25, -0.2) is 0 Å². The maximum atomic E-state index is 12.2. The molecule has 0 radical (unpaired) electrons. The monoisotopic (exact) mass is 265 g/mol. The zero-order chi connectivity index (χ0) is 13.1. The van der Waals surface area contributed by atoms with Crippen molar-refractivity contribution >= 4 is 5.91 Å². The first-order chi connectivity index (χ1) is 9.27. The number of carbonyl (C=O) groups is 1. The molecule has 0 aromatic rings. The lowest BCUT2D eigenvalue weighted by atomic mass is 9.73. The van der Waals surface area contributed by atoms with Crippen LogP contribution in [0.2, 0.25) is 0 Å². The summed E-state index contributed by atoms with van der Waals surface area (Å²) in [5.41, 5.74) is 0.584. The highest BCUT2D eigenvalue weighted by Crippen LogP contribution is 2.42. The minimum Gasteiger partial charge on any atom is -0.339 e. The predicted molar refractivity (Wildman–Crippen MR) is 76.0 cm³/mol. The molecule has 0 unspecified atom stereocenters. The van der Waals surface area contributed by atoms with E-state index in [0.717, 1.165) is 26.2 Å². The van der Waals surface area contributed by atoms with Gasteiger partial charge in [0.2, 0.25) is 5.91 Å². The smallest absolute Gasteiger partial charge is 0.236 e. The number of nitrogens with zero attached hydrogens (tertiary/aromatic N) is 2. The minimum atomic E-state index is 0.338. The van der Waals surface area contributed by atoms with E-state index < -0.39 is 0 Å². The number of rotatable bonds is 2. The topological polar surface area (TPSA) is 35.6 Å². The van der Waals surface area contributed by atoms with Crippen LogP contribution in [-0.4, -0.2) is 61.5 Å². The lowest BCUT2D eigenvalue weighted by Gasteiger charge is -2.50. The van der Waals surface area contributed by atoms with E-state index in [1.54, 1.807) is 0 Å². The van der Waals surface area contributed by atoms with Gasteiger partial charge in [-0.2, -0.15) is 0 Å². The molecule has 3 aliphatic rings. The Morgan fingerprint density at radius 2 is 1.63 bits per heavy atom. The summed E-state index contributed by atoms with van der Waals surface area (Å²) in [6.45, 7) is 6.68. The molecule has 0 aromatic heterocycles. The summed E-state index contributed by atoms with van der Waals surface area (Å²) >= 11 is 0. The van der Waals surface area contributed by atoms with Crippen molar-refractivity contribution in [3.63, 3.8) is 0 Å². The first-order valence-corrected chi connectivity index (χ1v) is 7.98. The highest BCUT2D eigenvalue weighted by Gasteiger charge is 2.43. The Labute approximate surface area is 116 Å². The Hall–Kier alpha value is -0.610. The highest BCUT2D eigenvalue weighted by atomic mass is 16.2. The fourth-order valence-corrected chi connectivity index (χ4v) is 4.01. The molecule has 1 amide bonds. The van der Waals surface area contributed by atoms with Crippen LogP contribution in [0.3, 0.4) is 0 Å². The van der Waals surface area contributed by atoms with Crippen molar-refractivity contribution in [1.82, 2.24) is 15.1 Å². The Morgan fingerprint density at radius 1 is 1.00 bits per heavy atom. The Balaban J connectivity index is 1.44. The predicted octanol–water partition coefficient (Wildman–Crippen LogP) is 1.07. The molecule has 4 nitrogen and oxygen atoms in total. The summed E-state index contributed by atoms with van der Waals surface area (Å²) in [5.74, 6) is 0.338. The summed E-state index contributed by atoms with van der Waals surface area (Å²) in [5, 5.41) is 3.30. The molecule has 108 valence electrons. The van der Waals surface area contributed by atoms with Crippen LogP contribution >= 0.6 is 0 Å². The molecule has 0 atom stereocenters. The van der Waals surface area contributed by atoms with E-state index >= 15 is 0 Å². The zero-order valence-electron chi connectivity index (χ0n) is 12.0. The van der Waals surface area contributed by atoms with Gasteiger partial charge >= 0.3 is 0 Å². The van der Waals surface area contributed by atoms with Crippen LogP contribution in [-0.2, 0) is 4.79 Å². The van der Waals surface area contributed by atoms with Crippen LogP contribution in [0.1, 0.15) is 38.5 Å². The van der Waals surface area contributed by atoms with Gasteiger partial charge in [-0.3, -0.25) is 9.69 Å². The van der Waals surface area contributed by atoms with E-state index in [-0.39, 0.29) is 0 Å². The van der Waals surface area contributed by atoms with Gasteiger partial charge in [-0.1, -0.05) is 25.7 Å². The second kappa shape index (κ2) is 5.80.